The fourth-order valence-corrected chi connectivity index (χ4v) is 2.80. The Morgan fingerprint density at radius 3 is 3.00 bits per heavy atom. The second-order valence-corrected chi connectivity index (χ2v) is 4.92. The summed E-state index contributed by atoms with van der Waals surface area (Å²) in [7, 11) is 0. The topological polar surface area (TPSA) is 50.7 Å². The van der Waals surface area contributed by atoms with Crippen LogP contribution in [-0.4, -0.2) is 14.5 Å². The summed E-state index contributed by atoms with van der Waals surface area (Å²) in [4.78, 5) is 18.9. The lowest BCUT2D eigenvalue weighted by Gasteiger charge is -2.21. The SMILES string of the molecule is O=c1[nH]c2ncccc2n1CC1CCCCC1. The fourth-order valence-electron chi connectivity index (χ4n) is 2.80. The first-order valence-electron chi connectivity index (χ1n) is 6.38. The third-order valence-electron chi connectivity index (χ3n) is 3.71. The summed E-state index contributed by atoms with van der Waals surface area (Å²) in [5.74, 6) is 0.653. The maximum Gasteiger partial charge on any atom is 0.327 e. The van der Waals surface area contributed by atoms with Gasteiger partial charge in [0.2, 0.25) is 0 Å². The molecule has 4 heteroatoms. The molecule has 0 amide bonds. The standard InChI is InChI=1S/C13H17N3O/c17-13-15-12-11(7-4-8-14-12)16(13)9-10-5-2-1-3-6-10/h4,7-8,10H,1-3,5-6,9H2,(H,14,15,17). The molecule has 2 aromatic rings. The van der Waals surface area contributed by atoms with E-state index in [-0.39, 0.29) is 5.69 Å². The van der Waals surface area contributed by atoms with Crippen LogP contribution in [0.5, 0.6) is 0 Å². The maximum absolute atomic E-state index is 11.9. The van der Waals surface area contributed by atoms with Gasteiger partial charge in [0.15, 0.2) is 5.65 Å². The minimum Gasteiger partial charge on any atom is -0.290 e. The van der Waals surface area contributed by atoms with Crippen LogP contribution in [0.25, 0.3) is 11.2 Å². The summed E-state index contributed by atoms with van der Waals surface area (Å²) in [6.45, 7) is 0.838. The van der Waals surface area contributed by atoms with Crippen molar-refractivity contribution in [2.24, 2.45) is 5.92 Å². The lowest BCUT2D eigenvalue weighted by molar-refractivity contribution is 0.319. The van der Waals surface area contributed by atoms with Crippen molar-refractivity contribution < 1.29 is 0 Å². The number of hydrogen-bond donors (Lipinski definition) is 1. The van der Waals surface area contributed by atoms with Crippen LogP contribution in [-0.2, 0) is 6.54 Å². The van der Waals surface area contributed by atoms with Crippen LogP contribution in [0.4, 0.5) is 0 Å². The van der Waals surface area contributed by atoms with Gasteiger partial charge in [0.05, 0.1) is 5.52 Å². The van der Waals surface area contributed by atoms with Crippen LogP contribution >= 0.6 is 0 Å². The maximum atomic E-state index is 11.9. The second-order valence-electron chi connectivity index (χ2n) is 4.92. The van der Waals surface area contributed by atoms with E-state index < -0.39 is 0 Å². The van der Waals surface area contributed by atoms with Gasteiger partial charge in [-0.25, -0.2) is 9.78 Å². The highest BCUT2D eigenvalue weighted by Crippen LogP contribution is 2.25. The number of hydrogen-bond acceptors (Lipinski definition) is 2. The minimum absolute atomic E-state index is 0.0238. The molecule has 0 aromatic carbocycles. The Kier molecular flexibility index (Phi) is 2.71. The fraction of sp³-hybridized carbons (Fsp3) is 0.538. The van der Waals surface area contributed by atoms with Gasteiger partial charge in [-0.3, -0.25) is 9.55 Å². The quantitative estimate of drug-likeness (QED) is 0.862. The Bertz CT molecular complexity index is 563. The second kappa shape index (κ2) is 4.35. The zero-order valence-electron chi connectivity index (χ0n) is 9.85. The molecule has 0 aliphatic heterocycles. The van der Waals surface area contributed by atoms with Crippen LogP contribution in [0.2, 0.25) is 0 Å². The van der Waals surface area contributed by atoms with Gasteiger partial charge in [0.25, 0.3) is 0 Å². The summed E-state index contributed by atoms with van der Waals surface area (Å²) in [6, 6.07) is 3.84. The van der Waals surface area contributed by atoms with Crippen molar-refractivity contribution in [3.8, 4) is 0 Å². The van der Waals surface area contributed by atoms with Crippen LogP contribution in [0.15, 0.2) is 23.1 Å². The van der Waals surface area contributed by atoms with E-state index in [0.29, 0.717) is 11.6 Å². The Morgan fingerprint density at radius 1 is 1.35 bits per heavy atom. The summed E-state index contributed by atoms with van der Waals surface area (Å²) in [6.07, 6.45) is 8.17. The normalized spacial score (nSPS) is 17.6. The van der Waals surface area contributed by atoms with E-state index in [1.165, 1.54) is 32.1 Å². The van der Waals surface area contributed by atoms with Gasteiger partial charge in [0, 0.05) is 12.7 Å². The predicted octanol–water partition coefficient (Wildman–Crippen LogP) is 2.30. The Morgan fingerprint density at radius 2 is 2.18 bits per heavy atom. The smallest absolute Gasteiger partial charge is 0.290 e. The number of imidazole rings is 1. The Balaban J connectivity index is 1.93. The van der Waals surface area contributed by atoms with E-state index in [1.54, 1.807) is 6.20 Å². The highest BCUT2D eigenvalue weighted by molar-refractivity contribution is 5.70. The van der Waals surface area contributed by atoms with Crippen LogP contribution in [0.3, 0.4) is 0 Å². The van der Waals surface area contributed by atoms with Gasteiger partial charge < -0.3 is 0 Å². The third kappa shape index (κ3) is 1.99. The number of nitrogens with zero attached hydrogens (tertiary/aromatic N) is 2. The third-order valence-corrected chi connectivity index (χ3v) is 3.71. The Labute approximate surface area is 99.7 Å². The van der Waals surface area contributed by atoms with Crippen molar-refractivity contribution in [1.29, 1.82) is 0 Å². The molecule has 2 heterocycles. The van der Waals surface area contributed by atoms with E-state index in [0.717, 1.165) is 12.1 Å². The molecule has 0 bridgehead atoms. The predicted molar refractivity (Wildman–Crippen MR) is 66.9 cm³/mol. The molecule has 1 N–H and O–H groups in total. The molecule has 1 fully saturated rings. The van der Waals surface area contributed by atoms with Crippen LogP contribution in [0.1, 0.15) is 32.1 Å². The van der Waals surface area contributed by atoms with Crippen molar-refractivity contribution in [2.45, 2.75) is 38.6 Å². The molecule has 1 saturated carbocycles. The van der Waals surface area contributed by atoms with E-state index in [9.17, 15) is 4.79 Å². The van der Waals surface area contributed by atoms with E-state index in [1.807, 2.05) is 16.7 Å². The first kappa shape index (κ1) is 10.6. The molecule has 0 spiro atoms. The van der Waals surface area contributed by atoms with Crippen LogP contribution < -0.4 is 5.69 Å². The lowest BCUT2D eigenvalue weighted by atomic mass is 9.89. The molecule has 2 aromatic heterocycles. The van der Waals surface area contributed by atoms with Crippen molar-refractivity contribution in [2.75, 3.05) is 0 Å². The van der Waals surface area contributed by atoms with Gasteiger partial charge >= 0.3 is 5.69 Å². The molecule has 0 radical (unpaired) electrons. The minimum atomic E-state index is -0.0238. The average molecular weight is 231 g/mol. The van der Waals surface area contributed by atoms with Crippen molar-refractivity contribution >= 4 is 11.2 Å². The summed E-state index contributed by atoms with van der Waals surface area (Å²) >= 11 is 0. The van der Waals surface area contributed by atoms with Gasteiger partial charge in [-0.05, 0) is 30.9 Å². The van der Waals surface area contributed by atoms with Gasteiger partial charge in [-0.2, -0.15) is 0 Å². The summed E-state index contributed by atoms with van der Waals surface area (Å²) < 4.78 is 1.85. The van der Waals surface area contributed by atoms with Gasteiger partial charge in [-0.15, -0.1) is 0 Å². The molecule has 90 valence electrons. The zero-order valence-corrected chi connectivity index (χ0v) is 9.85. The molecule has 17 heavy (non-hydrogen) atoms. The molecule has 1 aliphatic carbocycles. The number of aromatic amines is 1. The zero-order chi connectivity index (χ0) is 11.7. The largest absolute Gasteiger partial charge is 0.327 e. The average Bonchev–Trinajstić information content (AvgIpc) is 2.68. The lowest BCUT2D eigenvalue weighted by Crippen LogP contribution is -2.22. The molecule has 0 unspecified atom stereocenters. The monoisotopic (exact) mass is 231 g/mol. The van der Waals surface area contributed by atoms with E-state index >= 15 is 0 Å². The van der Waals surface area contributed by atoms with Crippen molar-refractivity contribution in [1.82, 2.24) is 14.5 Å². The highest BCUT2D eigenvalue weighted by atomic mass is 16.1. The van der Waals surface area contributed by atoms with Gasteiger partial charge in [0.1, 0.15) is 0 Å². The Hall–Kier alpha value is -1.58. The van der Waals surface area contributed by atoms with Gasteiger partial charge in [-0.1, -0.05) is 19.3 Å². The molecule has 3 rings (SSSR count). The molecule has 0 saturated heterocycles. The highest BCUT2D eigenvalue weighted by Gasteiger charge is 2.16. The van der Waals surface area contributed by atoms with Crippen LogP contribution in [0, 0.1) is 5.92 Å². The number of aromatic nitrogens is 3. The van der Waals surface area contributed by atoms with E-state index in [2.05, 4.69) is 9.97 Å². The van der Waals surface area contributed by atoms with Crippen molar-refractivity contribution in [3.05, 3.63) is 28.8 Å². The van der Waals surface area contributed by atoms with Crippen molar-refractivity contribution in [3.63, 3.8) is 0 Å². The molecule has 0 atom stereocenters. The number of nitrogens with one attached hydrogen (secondary N) is 1. The molecular weight excluding hydrogens is 214 g/mol. The number of pyridine rings is 1. The molecule has 1 aliphatic rings. The number of rotatable bonds is 2. The number of H-pyrrole nitrogens is 1. The molecular formula is C13H17N3O. The summed E-state index contributed by atoms with van der Waals surface area (Å²) in [5.41, 5.74) is 1.61. The number of fused-ring (bicyclic) bond motifs is 1. The summed E-state index contributed by atoms with van der Waals surface area (Å²) in [5, 5.41) is 0. The van der Waals surface area contributed by atoms with E-state index in [4.69, 9.17) is 0 Å². The first-order chi connectivity index (χ1) is 8.34. The molecule has 4 nitrogen and oxygen atoms in total. The first-order valence-corrected chi connectivity index (χ1v) is 6.38.